The van der Waals surface area contributed by atoms with E-state index in [9.17, 15) is 4.39 Å². The van der Waals surface area contributed by atoms with E-state index >= 15 is 0 Å². The van der Waals surface area contributed by atoms with Gasteiger partial charge in [-0.25, -0.2) is 4.39 Å². The van der Waals surface area contributed by atoms with Gasteiger partial charge in [-0.3, -0.25) is 4.90 Å². The highest BCUT2D eigenvalue weighted by Gasteiger charge is 2.26. The Morgan fingerprint density at radius 3 is 2.68 bits per heavy atom. The summed E-state index contributed by atoms with van der Waals surface area (Å²) < 4.78 is 13.5. The Balaban J connectivity index is 2.22. The van der Waals surface area contributed by atoms with Crippen LogP contribution in [0.5, 0.6) is 0 Å². The van der Waals surface area contributed by atoms with E-state index in [1.165, 1.54) is 18.9 Å². The predicted molar refractivity (Wildman–Crippen MR) is 77.7 cm³/mol. The van der Waals surface area contributed by atoms with E-state index in [2.05, 4.69) is 30.1 Å². The molecule has 0 amide bonds. The number of halogens is 1. The fraction of sp³-hybridized carbons (Fsp3) is 0.625. The SMILES string of the molecule is CCCC(C)[C@H](c1cccc(F)c1)N1CCNCC1. The van der Waals surface area contributed by atoms with Gasteiger partial charge in [0.15, 0.2) is 0 Å². The first-order chi connectivity index (χ1) is 9.22. The predicted octanol–water partition coefficient (Wildman–Crippen LogP) is 3.21. The smallest absolute Gasteiger partial charge is 0.123 e. The maximum atomic E-state index is 13.5. The maximum Gasteiger partial charge on any atom is 0.123 e. The van der Waals surface area contributed by atoms with Crippen molar-refractivity contribution in [2.24, 2.45) is 5.92 Å². The number of benzene rings is 1. The minimum Gasteiger partial charge on any atom is -0.314 e. The Labute approximate surface area is 116 Å². The van der Waals surface area contributed by atoms with Crippen LogP contribution in [0.2, 0.25) is 0 Å². The fourth-order valence-corrected chi connectivity index (χ4v) is 3.16. The van der Waals surface area contributed by atoms with Crippen molar-refractivity contribution in [1.82, 2.24) is 10.2 Å². The van der Waals surface area contributed by atoms with Crippen molar-refractivity contribution in [3.05, 3.63) is 35.6 Å². The normalized spacial score (nSPS) is 20.2. The van der Waals surface area contributed by atoms with E-state index in [4.69, 9.17) is 0 Å². The molecule has 0 radical (unpaired) electrons. The summed E-state index contributed by atoms with van der Waals surface area (Å²) in [6.45, 7) is 8.68. The summed E-state index contributed by atoms with van der Waals surface area (Å²) in [5, 5.41) is 3.39. The zero-order chi connectivity index (χ0) is 13.7. The third-order valence-corrected chi connectivity index (χ3v) is 4.02. The van der Waals surface area contributed by atoms with E-state index < -0.39 is 0 Å². The third-order valence-electron chi connectivity index (χ3n) is 4.02. The molecule has 1 saturated heterocycles. The van der Waals surface area contributed by atoms with Crippen LogP contribution >= 0.6 is 0 Å². The van der Waals surface area contributed by atoms with Crippen molar-refractivity contribution in [2.45, 2.75) is 32.7 Å². The molecule has 0 aliphatic carbocycles. The van der Waals surface area contributed by atoms with E-state index in [1.54, 1.807) is 6.07 Å². The van der Waals surface area contributed by atoms with Gasteiger partial charge in [0.1, 0.15) is 5.82 Å². The van der Waals surface area contributed by atoms with Gasteiger partial charge in [-0.15, -0.1) is 0 Å². The number of piperazine rings is 1. The molecule has 1 N–H and O–H groups in total. The molecule has 2 rings (SSSR count). The standard InChI is InChI=1S/C16H25FN2/c1-3-5-13(2)16(19-10-8-18-9-11-19)14-6-4-7-15(17)12-14/h4,6-7,12-13,16,18H,3,5,8-11H2,1-2H3/t13?,16-/m1/s1. The molecule has 0 bridgehead atoms. The maximum absolute atomic E-state index is 13.5. The monoisotopic (exact) mass is 264 g/mol. The lowest BCUT2D eigenvalue weighted by molar-refractivity contribution is 0.126. The van der Waals surface area contributed by atoms with E-state index in [0.29, 0.717) is 12.0 Å². The Hall–Kier alpha value is -0.930. The molecule has 1 aromatic rings. The highest BCUT2D eigenvalue weighted by molar-refractivity contribution is 5.21. The molecular weight excluding hydrogens is 239 g/mol. The quantitative estimate of drug-likeness (QED) is 0.878. The number of nitrogens with zero attached hydrogens (tertiary/aromatic N) is 1. The molecular formula is C16H25FN2. The second kappa shape index (κ2) is 7.01. The van der Waals surface area contributed by atoms with Gasteiger partial charge in [-0.2, -0.15) is 0 Å². The molecule has 0 aromatic heterocycles. The van der Waals surface area contributed by atoms with Crippen LogP contribution in [0.1, 0.15) is 38.3 Å². The Kier molecular flexibility index (Phi) is 5.34. The summed E-state index contributed by atoms with van der Waals surface area (Å²) >= 11 is 0. The molecule has 1 heterocycles. The highest BCUT2D eigenvalue weighted by Crippen LogP contribution is 2.32. The van der Waals surface area contributed by atoms with Crippen molar-refractivity contribution in [3.63, 3.8) is 0 Å². The number of hydrogen-bond donors (Lipinski definition) is 1. The Morgan fingerprint density at radius 2 is 2.05 bits per heavy atom. The van der Waals surface area contributed by atoms with Crippen LogP contribution in [-0.2, 0) is 0 Å². The van der Waals surface area contributed by atoms with Gasteiger partial charge in [-0.05, 0) is 30.0 Å². The molecule has 1 fully saturated rings. The van der Waals surface area contributed by atoms with Gasteiger partial charge < -0.3 is 5.32 Å². The van der Waals surface area contributed by atoms with E-state index in [1.807, 2.05) is 6.07 Å². The molecule has 1 aliphatic heterocycles. The van der Waals surface area contributed by atoms with E-state index in [-0.39, 0.29) is 5.82 Å². The largest absolute Gasteiger partial charge is 0.314 e. The molecule has 2 nitrogen and oxygen atoms in total. The van der Waals surface area contributed by atoms with Gasteiger partial charge in [0.05, 0.1) is 0 Å². The van der Waals surface area contributed by atoms with Crippen LogP contribution in [0.3, 0.4) is 0 Å². The lowest BCUT2D eigenvalue weighted by atomic mass is 9.89. The van der Waals surface area contributed by atoms with Crippen LogP contribution < -0.4 is 5.32 Å². The van der Waals surface area contributed by atoms with E-state index in [0.717, 1.165) is 31.7 Å². The molecule has 0 spiro atoms. The van der Waals surface area contributed by atoms with Crippen LogP contribution in [0.25, 0.3) is 0 Å². The highest BCUT2D eigenvalue weighted by atomic mass is 19.1. The topological polar surface area (TPSA) is 15.3 Å². The Bertz CT molecular complexity index is 388. The van der Waals surface area contributed by atoms with Crippen molar-refractivity contribution in [3.8, 4) is 0 Å². The first-order valence-electron chi connectivity index (χ1n) is 7.42. The number of nitrogens with one attached hydrogen (secondary N) is 1. The lowest BCUT2D eigenvalue weighted by Crippen LogP contribution is -2.46. The molecule has 19 heavy (non-hydrogen) atoms. The summed E-state index contributed by atoms with van der Waals surface area (Å²) in [6, 6.07) is 7.49. The average Bonchev–Trinajstić information content (AvgIpc) is 2.40. The fourth-order valence-electron chi connectivity index (χ4n) is 3.16. The zero-order valence-electron chi connectivity index (χ0n) is 12.0. The van der Waals surface area contributed by atoms with Crippen molar-refractivity contribution < 1.29 is 4.39 Å². The number of hydrogen-bond acceptors (Lipinski definition) is 2. The van der Waals surface area contributed by atoms with Crippen molar-refractivity contribution in [2.75, 3.05) is 26.2 Å². The second-order valence-corrected chi connectivity index (χ2v) is 5.55. The summed E-state index contributed by atoms with van der Waals surface area (Å²) in [5.74, 6) is 0.436. The summed E-state index contributed by atoms with van der Waals surface area (Å²) in [6.07, 6.45) is 2.37. The van der Waals surface area contributed by atoms with Gasteiger partial charge in [0.2, 0.25) is 0 Å². The van der Waals surface area contributed by atoms with Gasteiger partial charge in [0.25, 0.3) is 0 Å². The minimum absolute atomic E-state index is 0.124. The van der Waals surface area contributed by atoms with Gasteiger partial charge in [0, 0.05) is 32.2 Å². The lowest BCUT2D eigenvalue weighted by Gasteiger charge is -2.38. The molecule has 1 aliphatic rings. The van der Waals surface area contributed by atoms with Gasteiger partial charge >= 0.3 is 0 Å². The number of rotatable bonds is 5. The summed E-state index contributed by atoms with van der Waals surface area (Å²) in [4.78, 5) is 2.51. The Morgan fingerprint density at radius 1 is 1.32 bits per heavy atom. The van der Waals surface area contributed by atoms with Crippen LogP contribution in [0.15, 0.2) is 24.3 Å². The van der Waals surface area contributed by atoms with Gasteiger partial charge in [-0.1, -0.05) is 32.4 Å². The van der Waals surface area contributed by atoms with Crippen LogP contribution in [0.4, 0.5) is 4.39 Å². The summed E-state index contributed by atoms with van der Waals surface area (Å²) in [7, 11) is 0. The van der Waals surface area contributed by atoms with Crippen molar-refractivity contribution >= 4 is 0 Å². The van der Waals surface area contributed by atoms with Crippen molar-refractivity contribution in [1.29, 1.82) is 0 Å². The zero-order valence-corrected chi connectivity index (χ0v) is 12.0. The van der Waals surface area contributed by atoms with Crippen LogP contribution in [0, 0.1) is 11.7 Å². The summed E-state index contributed by atoms with van der Waals surface area (Å²) in [5.41, 5.74) is 1.13. The minimum atomic E-state index is -0.124. The first-order valence-corrected chi connectivity index (χ1v) is 7.42. The third kappa shape index (κ3) is 3.77. The van der Waals surface area contributed by atoms with Crippen LogP contribution in [-0.4, -0.2) is 31.1 Å². The molecule has 0 saturated carbocycles. The second-order valence-electron chi connectivity index (χ2n) is 5.55. The average molecular weight is 264 g/mol. The molecule has 3 heteroatoms. The molecule has 106 valence electrons. The molecule has 1 aromatic carbocycles. The molecule has 1 unspecified atom stereocenters. The first kappa shape index (κ1) is 14.5. The molecule has 2 atom stereocenters.